The molecule has 0 saturated heterocycles. The van der Waals surface area contributed by atoms with Crippen LogP contribution in [0.5, 0.6) is 0 Å². The van der Waals surface area contributed by atoms with E-state index in [4.69, 9.17) is 17.3 Å². The molecule has 0 bridgehead atoms. The summed E-state index contributed by atoms with van der Waals surface area (Å²) in [4.78, 5) is 21.4. The van der Waals surface area contributed by atoms with Crippen LogP contribution in [0.15, 0.2) is 0 Å². The second kappa shape index (κ2) is 5.83. The van der Waals surface area contributed by atoms with Crippen LogP contribution < -0.4 is 11.1 Å². The summed E-state index contributed by atoms with van der Waals surface area (Å²) in [6, 6.07) is -0.604. The van der Waals surface area contributed by atoms with Gasteiger partial charge in [0.1, 0.15) is 6.04 Å². The van der Waals surface area contributed by atoms with Crippen molar-refractivity contribution in [3.05, 3.63) is 0 Å². The van der Waals surface area contributed by atoms with E-state index in [2.05, 4.69) is 5.32 Å². The Morgan fingerprint density at radius 3 is 2.58 bits per heavy atom. The van der Waals surface area contributed by atoms with Crippen molar-refractivity contribution in [3.63, 3.8) is 0 Å². The minimum Gasteiger partial charge on any atom is -0.368 e. The fraction of sp³-hybridized carbons (Fsp3) is 0.714. The zero-order valence-corrected chi connectivity index (χ0v) is 7.73. The molecule has 0 rings (SSSR count). The Morgan fingerprint density at radius 2 is 2.17 bits per heavy atom. The van der Waals surface area contributed by atoms with Gasteiger partial charge in [-0.05, 0) is 13.3 Å². The number of halogens is 1. The Kier molecular flexibility index (Phi) is 5.45. The Bertz CT molecular complexity index is 173. The van der Waals surface area contributed by atoms with Gasteiger partial charge < -0.3 is 11.1 Å². The third-order valence-corrected chi connectivity index (χ3v) is 1.61. The molecule has 0 radical (unpaired) electrons. The fourth-order valence-electron chi connectivity index (χ4n) is 0.612. The number of nitrogens with one attached hydrogen (secondary N) is 1. The maximum atomic E-state index is 10.9. The first-order valence-electron chi connectivity index (χ1n) is 3.72. The predicted molar refractivity (Wildman–Crippen MR) is 46.8 cm³/mol. The summed E-state index contributed by atoms with van der Waals surface area (Å²) < 4.78 is 0. The van der Waals surface area contributed by atoms with E-state index in [1.165, 1.54) is 0 Å². The van der Waals surface area contributed by atoms with Crippen molar-refractivity contribution in [2.24, 2.45) is 5.73 Å². The normalized spacial score (nSPS) is 12.2. The van der Waals surface area contributed by atoms with Gasteiger partial charge in [0.25, 0.3) is 0 Å². The number of amides is 2. The van der Waals surface area contributed by atoms with Gasteiger partial charge in [-0.2, -0.15) is 0 Å². The third-order valence-electron chi connectivity index (χ3n) is 1.34. The number of nitrogens with two attached hydrogens (primary N) is 1. The van der Waals surface area contributed by atoms with E-state index in [0.29, 0.717) is 18.7 Å². The topological polar surface area (TPSA) is 72.2 Å². The van der Waals surface area contributed by atoms with E-state index >= 15 is 0 Å². The fourth-order valence-corrected chi connectivity index (χ4v) is 0.746. The van der Waals surface area contributed by atoms with E-state index in [-0.39, 0.29) is 5.91 Å². The molecular weight excluding hydrogens is 180 g/mol. The van der Waals surface area contributed by atoms with Crippen LogP contribution in [0.1, 0.15) is 19.8 Å². The van der Waals surface area contributed by atoms with Gasteiger partial charge in [0.15, 0.2) is 0 Å². The van der Waals surface area contributed by atoms with Crippen LogP contribution in [-0.4, -0.2) is 23.7 Å². The van der Waals surface area contributed by atoms with E-state index in [0.717, 1.165) is 0 Å². The van der Waals surface area contributed by atoms with Gasteiger partial charge in [-0.3, -0.25) is 9.59 Å². The van der Waals surface area contributed by atoms with Crippen molar-refractivity contribution in [2.75, 3.05) is 5.88 Å². The summed E-state index contributed by atoms with van der Waals surface area (Å²) in [5, 5.41) is 2.44. The first kappa shape index (κ1) is 11.2. The summed E-state index contributed by atoms with van der Waals surface area (Å²) >= 11 is 5.37. The van der Waals surface area contributed by atoms with Crippen LogP contribution in [0, 0.1) is 0 Å². The number of carbonyl (C=O) groups excluding carboxylic acids is 2. The van der Waals surface area contributed by atoms with Crippen molar-refractivity contribution in [2.45, 2.75) is 25.8 Å². The molecule has 0 fully saturated rings. The molecule has 3 N–H and O–H groups in total. The molecule has 0 spiro atoms. The largest absolute Gasteiger partial charge is 0.368 e. The second-order valence-electron chi connectivity index (χ2n) is 2.48. The smallest absolute Gasteiger partial charge is 0.239 e. The number of carbonyl (C=O) groups is 2. The number of hydrogen-bond acceptors (Lipinski definition) is 2. The standard InChI is InChI=1S/C7H13ClN2O2/c1-5(7(9)12)10-6(11)3-2-4-8/h5H,2-4H2,1H3,(H2,9,12)(H,10,11). The van der Waals surface area contributed by atoms with E-state index in [1.54, 1.807) is 6.92 Å². The summed E-state index contributed by atoms with van der Waals surface area (Å²) in [5.41, 5.74) is 4.93. The van der Waals surface area contributed by atoms with Gasteiger partial charge in [0, 0.05) is 12.3 Å². The van der Waals surface area contributed by atoms with E-state index < -0.39 is 11.9 Å². The van der Waals surface area contributed by atoms with Crippen molar-refractivity contribution in [1.82, 2.24) is 5.32 Å². The molecule has 4 nitrogen and oxygen atoms in total. The van der Waals surface area contributed by atoms with Crippen LogP contribution in [0.25, 0.3) is 0 Å². The van der Waals surface area contributed by atoms with Gasteiger partial charge in [0.05, 0.1) is 0 Å². The van der Waals surface area contributed by atoms with Gasteiger partial charge in [0.2, 0.25) is 11.8 Å². The van der Waals surface area contributed by atoms with E-state index in [9.17, 15) is 9.59 Å². The average Bonchev–Trinajstić information content (AvgIpc) is 2.00. The zero-order valence-electron chi connectivity index (χ0n) is 6.97. The summed E-state index contributed by atoms with van der Waals surface area (Å²) in [5.74, 6) is -0.283. The van der Waals surface area contributed by atoms with Crippen molar-refractivity contribution in [3.8, 4) is 0 Å². The molecule has 0 aliphatic carbocycles. The summed E-state index contributed by atoms with van der Waals surface area (Å²) in [6.45, 7) is 1.54. The Morgan fingerprint density at radius 1 is 1.58 bits per heavy atom. The third kappa shape index (κ3) is 4.96. The molecule has 0 aromatic carbocycles. The molecule has 12 heavy (non-hydrogen) atoms. The molecule has 0 aromatic rings. The van der Waals surface area contributed by atoms with E-state index in [1.807, 2.05) is 0 Å². The SMILES string of the molecule is CC(NC(=O)CCCCl)C(N)=O. The maximum absolute atomic E-state index is 10.9. The van der Waals surface area contributed by atoms with Crippen molar-refractivity contribution >= 4 is 23.4 Å². The van der Waals surface area contributed by atoms with Gasteiger partial charge in [-0.25, -0.2) is 0 Å². The lowest BCUT2D eigenvalue weighted by Gasteiger charge is -2.08. The molecule has 0 aliphatic heterocycles. The van der Waals surface area contributed by atoms with Crippen LogP contribution >= 0.6 is 11.6 Å². The summed E-state index contributed by atoms with van der Waals surface area (Å²) in [7, 11) is 0. The lowest BCUT2D eigenvalue weighted by atomic mass is 10.2. The molecule has 1 unspecified atom stereocenters. The molecule has 0 saturated carbocycles. The number of primary amides is 1. The number of alkyl halides is 1. The van der Waals surface area contributed by atoms with Crippen LogP contribution in [0.2, 0.25) is 0 Å². The first-order chi connectivity index (χ1) is 5.57. The minimum absolute atomic E-state index is 0.193. The first-order valence-corrected chi connectivity index (χ1v) is 4.26. The van der Waals surface area contributed by atoms with Crippen LogP contribution in [0.3, 0.4) is 0 Å². The molecule has 1 atom stereocenters. The molecule has 5 heteroatoms. The van der Waals surface area contributed by atoms with Gasteiger partial charge in [-0.15, -0.1) is 11.6 Å². The number of rotatable bonds is 5. The summed E-state index contributed by atoms with van der Waals surface area (Å²) in [6.07, 6.45) is 0.944. The molecule has 0 aromatic heterocycles. The lowest BCUT2D eigenvalue weighted by molar-refractivity contribution is -0.127. The van der Waals surface area contributed by atoms with Gasteiger partial charge >= 0.3 is 0 Å². The highest BCUT2D eigenvalue weighted by atomic mass is 35.5. The molecule has 70 valence electrons. The maximum Gasteiger partial charge on any atom is 0.239 e. The number of hydrogen-bond donors (Lipinski definition) is 2. The quantitative estimate of drug-likeness (QED) is 0.602. The second-order valence-corrected chi connectivity index (χ2v) is 2.86. The lowest BCUT2D eigenvalue weighted by Crippen LogP contribution is -2.42. The Balaban J connectivity index is 3.61. The van der Waals surface area contributed by atoms with Crippen molar-refractivity contribution in [1.29, 1.82) is 0 Å². The van der Waals surface area contributed by atoms with Crippen LogP contribution in [-0.2, 0) is 9.59 Å². The molecule has 2 amide bonds. The molecule has 0 heterocycles. The molecular formula is C7H13ClN2O2. The van der Waals surface area contributed by atoms with Crippen LogP contribution in [0.4, 0.5) is 0 Å². The minimum atomic E-state index is -0.604. The highest BCUT2D eigenvalue weighted by Crippen LogP contribution is 1.92. The van der Waals surface area contributed by atoms with Crippen molar-refractivity contribution < 1.29 is 9.59 Å². The average molecular weight is 193 g/mol. The highest BCUT2D eigenvalue weighted by molar-refractivity contribution is 6.17. The zero-order chi connectivity index (χ0) is 9.56. The van der Waals surface area contributed by atoms with Gasteiger partial charge in [-0.1, -0.05) is 0 Å². The predicted octanol–water partition coefficient (Wildman–Crippen LogP) is -0.00460. The monoisotopic (exact) mass is 192 g/mol. The highest BCUT2D eigenvalue weighted by Gasteiger charge is 2.10. The molecule has 0 aliphatic rings. The Labute approximate surface area is 76.4 Å². The Hall–Kier alpha value is -0.770.